The maximum absolute atomic E-state index is 13.0. The van der Waals surface area contributed by atoms with Crippen molar-refractivity contribution in [2.24, 2.45) is 5.73 Å². The molecule has 1 saturated heterocycles. The van der Waals surface area contributed by atoms with Crippen LogP contribution in [0.3, 0.4) is 0 Å². The van der Waals surface area contributed by atoms with Crippen molar-refractivity contribution < 1.29 is 8.95 Å². The molecule has 0 aromatic heterocycles. The van der Waals surface area contributed by atoms with Gasteiger partial charge in [-0.05, 0) is 26.2 Å². The maximum Gasteiger partial charge on any atom is 0.0691 e. The van der Waals surface area contributed by atoms with Crippen LogP contribution in [0.25, 0.3) is 0 Å². The number of ether oxygens (including phenoxy) is 1. The van der Waals surface area contributed by atoms with Crippen molar-refractivity contribution in [3.8, 4) is 0 Å². The van der Waals surface area contributed by atoms with Gasteiger partial charge in [-0.1, -0.05) is 51.4 Å². The van der Waals surface area contributed by atoms with Gasteiger partial charge in [0.15, 0.2) is 0 Å². The van der Waals surface area contributed by atoms with Crippen LogP contribution in [0.4, 0.5) is 0 Å². The zero-order chi connectivity index (χ0) is 15.1. The number of hydrogen-bond acceptors (Lipinski definition) is 3. The van der Waals surface area contributed by atoms with Gasteiger partial charge in [0.05, 0.1) is 16.6 Å². The topological polar surface area (TPSA) is 52.3 Å². The molecule has 0 bridgehead atoms. The van der Waals surface area contributed by atoms with Crippen molar-refractivity contribution in [1.29, 1.82) is 0 Å². The molecule has 5 atom stereocenters. The molecule has 2 fully saturated rings. The summed E-state index contributed by atoms with van der Waals surface area (Å²) < 4.78 is 18.6. The van der Waals surface area contributed by atoms with E-state index in [9.17, 15) is 4.21 Å². The van der Waals surface area contributed by atoms with E-state index in [4.69, 9.17) is 10.5 Å². The third kappa shape index (κ3) is 5.33. The highest BCUT2D eigenvalue weighted by atomic mass is 32.2. The molecule has 0 radical (unpaired) electrons. The predicted octanol–water partition coefficient (Wildman–Crippen LogP) is 3.52. The standard InChI is InChI=1S/C17H33NO2S/c1-14-16(12-13-20-14)21(19)17-11-9-7-5-3-2-4-6-8-10-15(17)18/h14-17H,2-13,18H2,1H3. The largest absolute Gasteiger partial charge is 0.377 e. The van der Waals surface area contributed by atoms with Crippen molar-refractivity contribution in [3.05, 3.63) is 0 Å². The van der Waals surface area contributed by atoms with E-state index < -0.39 is 10.8 Å². The third-order valence-electron chi connectivity index (χ3n) is 5.16. The molecule has 3 nitrogen and oxygen atoms in total. The Hall–Kier alpha value is 0.0700. The Morgan fingerprint density at radius 1 is 0.857 bits per heavy atom. The van der Waals surface area contributed by atoms with E-state index in [0.29, 0.717) is 0 Å². The minimum Gasteiger partial charge on any atom is -0.377 e. The molecule has 2 N–H and O–H groups in total. The van der Waals surface area contributed by atoms with E-state index in [1.54, 1.807) is 0 Å². The molecule has 124 valence electrons. The summed E-state index contributed by atoms with van der Waals surface area (Å²) in [4.78, 5) is 0. The van der Waals surface area contributed by atoms with Gasteiger partial charge in [-0.15, -0.1) is 0 Å². The number of hydrogen-bond donors (Lipinski definition) is 1. The van der Waals surface area contributed by atoms with Crippen molar-refractivity contribution in [3.63, 3.8) is 0 Å². The average Bonchev–Trinajstić information content (AvgIpc) is 2.88. The van der Waals surface area contributed by atoms with Crippen LogP contribution in [0.1, 0.15) is 77.6 Å². The SMILES string of the molecule is CC1OCCC1S(=O)C1CCCCCCCCCCC1N. The number of nitrogens with two attached hydrogens (primary N) is 1. The molecule has 21 heavy (non-hydrogen) atoms. The Morgan fingerprint density at radius 2 is 1.43 bits per heavy atom. The molecule has 1 saturated carbocycles. The van der Waals surface area contributed by atoms with Crippen LogP contribution in [-0.4, -0.2) is 33.5 Å². The Bertz CT molecular complexity index is 324. The van der Waals surface area contributed by atoms with E-state index in [-0.39, 0.29) is 22.6 Å². The van der Waals surface area contributed by atoms with E-state index in [1.165, 1.54) is 51.4 Å². The fourth-order valence-electron chi connectivity index (χ4n) is 3.72. The lowest BCUT2D eigenvalue weighted by atomic mass is 9.98. The van der Waals surface area contributed by atoms with Gasteiger partial charge in [-0.25, -0.2) is 0 Å². The predicted molar refractivity (Wildman–Crippen MR) is 89.9 cm³/mol. The molecule has 1 heterocycles. The first-order valence-corrected chi connectivity index (χ1v) is 10.2. The van der Waals surface area contributed by atoms with Crippen LogP contribution in [0.15, 0.2) is 0 Å². The lowest BCUT2D eigenvalue weighted by Crippen LogP contribution is -2.43. The van der Waals surface area contributed by atoms with E-state index in [2.05, 4.69) is 6.92 Å². The van der Waals surface area contributed by atoms with Gasteiger partial charge in [0.25, 0.3) is 0 Å². The molecular weight excluding hydrogens is 282 g/mol. The highest BCUT2D eigenvalue weighted by Gasteiger charge is 2.35. The fraction of sp³-hybridized carbons (Fsp3) is 1.00. The molecule has 0 amide bonds. The first-order valence-electron chi connectivity index (χ1n) is 8.96. The fourth-order valence-corrected chi connectivity index (χ4v) is 5.83. The van der Waals surface area contributed by atoms with Crippen LogP contribution in [0.2, 0.25) is 0 Å². The first kappa shape index (κ1) is 17.4. The Labute approximate surface area is 132 Å². The molecular formula is C17H33NO2S. The van der Waals surface area contributed by atoms with Crippen molar-refractivity contribution >= 4 is 10.8 Å². The summed E-state index contributed by atoms with van der Waals surface area (Å²) >= 11 is 0. The van der Waals surface area contributed by atoms with Gasteiger partial charge in [-0.3, -0.25) is 4.21 Å². The number of rotatable bonds is 2. The van der Waals surface area contributed by atoms with Gasteiger partial charge in [0.1, 0.15) is 0 Å². The van der Waals surface area contributed by atoms with Crippen LogP contribution in [0.5, 0.6) is 0 Å². The average molecular weight is 316 g/mol. The second-order valence-corrected chi connectivity index (χ2v) is 8.71. The lowest BCUT2D eigenvalue weighted by molar-refractivity contribution is 0.126. The minimum atomic E-state index is -0.834. The summed E-state index contributed by atoms with van der Waals surface area (Å²) in [7, 11) is -0.834. The maximum atomic E-state index is 13.0. The van der Waals surface area contributed by atoms with Crippen molar-refractivity contribution in [2.75, 3.05) is 6.61 Å². The smallest absolute Gasteiger partial charge is 0.0691 e. The molecule has 5 unspecified atom stereocenters. The zero-order valence-electron chi connectivity index (χ0n) is 13.6. The van der Waals surface area contributed by atoms with Crippen molar-refractivity contribution in [1.82, 2.24) is 0 Å². The quantitative estimate of drug-likeness (QED) is 0.848. The molecule has 1 aliphatic heterocycles. The summed E-state index contributed by atoms with van der Waals surface area (Å²) in [6, 6.07) is 0.109. The van der Waals surface area contributed by atoms with Gasteiger partial charge in [-0.2, -0.15) is 0 Å². The van der Waals surface area contributed by atoms with E-state index in [1.807, 2.05) is 0 Å². The third-order valence-corrected chi connectivity index (χ3v) is 7.55. The van der Waals surface area contributed by atoms with E-state index in [0.717, 1.165) is 25.9 Å². The molecule has 1 aliphatic carbocycles. The molecule has 4 heteroatoms. The summed E-state index contributed by atoms with van der Waals surface area (Å²) in [6.45, 7) is 2.83. The van der Waals surface area contributed by atoms with Crippen LogP contribution in [-0.2, 0) is 15.5 Å². The van der Waals surface area contributed by atoms with Crippen LogP contribution >= 0.6 is 0 Å². The summed E-state index contributed by atoms with van der Waals surface area (Å²) in [5.41, 5.74) is 6.44. The summed E-state index contributed by atoms with van der Waals surface area (Å²) in [6.07, 6.45) is 13.5. The highest BCUT2D eigenvalue weighted by Crippen LogP contribution is 2.26. The molecule has 0 spiro atoms. The van der Waals surface area contributed by atoms with Gasteiger partial charge < -0.3 is 10.5 Å². The lowest BCUT2D eigenvalue weighted by Gasteiger charge is -2.27. The molecule has 0 aromatic carbocycles. The molecule has 2 rings (SSSR count). The second kappa shape index (κ2) is 9.26. The minimum absolute atomic E-state index is 0.109. The Balaban J connectivity index is 1.95. The van der Waals surface area contributed by atoms with Crippen LogP contribution in [0, 0.1) is 0 Å². The Kier molecular flexibility index (Phi) is 7.69. The van der Waals surface area contributed by atoms with Crippen molar-refractivity contribution in [2.45, 2.75) is 100 Å². The first-order chi connectivity index (χ1) is 10.2. The van der Waals surface area contributed by atoms with Gasteiger partial charge in [0, 0.05) is 23.4 Å². The molecule has 0 aromatic rings. The second-order valence-electron chi connectivity index (χ2n) is 6.84. The normalized spacial score (nSPS) is 38.4. The monoisotopic (exact) mass is 315 g/mol. The van der Waals surface area contributed by atoms with E-state index >= 15 is 0 Å². The zero-order valence-corrected chi connectivity index (χ0v) is 14.4. The highest BCUT2D eigenvalue weighted by molar-refractivity contribution is 7.86. The summed E-state index contributed by atoms with van der Waals surface area (Å²) in [5.74, 6) is 0. The molecule has 2 aliphatic rings. The van der Waals surface area contributed by atoms with Gasteiger partial charge in [0.2, 0.25) is 0 Å². The van der Waals surface area contributed by atoms with Gasteiger partial charge >= 0.3 is 0 Å². The Morgan fingerprint density at radius 3 is 2.00 bits per heavy atom. The van der Waals surface area contributed by atoms with Crippen LogP contribution < -0.4 is 5.73 Å². The summed E-state index contributed by atoms with van der Waals surface area (Å²) in [5, 5.41) is 0.382.